The van der Waals surface area contributed by atoms with E-state index in [4.69, 9.17) is 5.73 Å². The molecule has 0 saturated carbocycles. The summed E-state index contributed by atoms with van der Waals surface area (Å²) in [6, 6.07) is 11.0. The van der Waals surface area contributed by atoms with Crippen molar-refractivity contribution in [1.29, 1.82) is 0 Å². The first-order valence-electron chi connectivity index (χ1n) is 6.13. The van der Waals surface area contributed by atoms with E-state index in [-0.39, 0.29) is 5.75 Å². The van der Waals surface area contributed by atoms with Crippen LogP contribution in [0.2, 0.25) is 0 Å². The van der Waals surface area contributed by atoms with Gasteiger partial charge in [0.2, 0.25) is 10.0 Å². The lowest BCUT2D eigenvalue weighted by Crippen LogP contribution is -2.16. The third-order valence-electron chi connectivity index (χ3n) is 2.81. The summed E-state index contributed by atoms with van der Waals surface area (Å²) < 4.78 is 40.2. The molecule has 0 aliphatic rings. The van der Waals surface area contributed by atoms with Crippen LogP contribution in [-0.4, -0.2) is 8.42 Å². The number of nitrogens with two attached hydrogens (primary N) is 1. The minimum absolute atomic E-state index is 0.148. The molecule has 0 heterocycles. The summed E-state index contributed by atoms with van der Waals surface area (Å²) in [5, 5.41) is 0. The van der Waals surface area contributed by atoms with Gasteiger partial charge in [-0.15, -0.1) is 0 Å². The van der Waals surface area contributed by atoms with Gasteiger partial charge >= 0.3 is 0 Å². The van der Waals surface area contributed by atoms with Gasteiger partial charge in [-0.3, -0.25) is 4.72 Å². The number of sulfonamides is 1. The SMILES string of the molecule is NCc1ccc(CS(=O)(=O)Nc2ccc(F)cc2I)cc1. The molecule has 3 N–H and O–H groups in total. The summed E-state index contributed by atoms with van der Waals surface area (Å²) >= 11 is 1.89. The van der Waals surface area contributed by atoms with Gasteiger partial charge in [-0.05, 0) is 51.9 Å². The van der Waals surface area contributed by atoms with Crippen LogP contribution in [-0.2, 0) is 22.3 Å². The maximum atomic E-state index is 13.0. The van der Waals surface area contributed by atoms with Crippen LogP contribution < -0.4 is 10.5 Å². The fourth-order valence-corrected chi connectivity index (χ4v) is 3.78. The van der Waals surface area contributed by atoms with Gasteiger partial charge in [-0.25, -0.2) is 12.8 Å². The third kappa shape index (κ3) is 4.65. The van der Waals surface area contributed by atoms with Crippen LogP contribution >= 0.6 is 22.6 Å². The number of hydrogen-bond donors (Lipinski definition) is 2. The molecule has 0 atom stereocenters. The zero-order valence-corrected chi connectivity index (χ0v) is 14.0. The van der Waals surface area contributed by atoms with Crippen molar-refractivity contribution in [2.24, 2.45) is 5.73 Å². The van der Waals surface area contributed by atoms with Crippen molar-refractivity contribution in [3.63, 3.8) is 0 Å². The molecule has 0 unspecified atom stereocenters. The molecule has 7 heteroatoms. The maximum Gasteiger partial charge on any atom is 0.236 e. The Labute approximate surface area is 136 Å². The summed E-state index contributed by atoms with van der Waals surface area (Å²) in [7, 11) is -3.55. The molecular weight excluding hydrogens is 406 g/mol. The molecule has 0 aliphatic carbocycles. The molecule has 4 nitrogen and oxygen atoms in total. The van der Waals surface area contributed by atoms with Crippen molar-refractivity contribution in [1.82, 2.24) is 0 Å². The molecule has 112 valence electrons. The Hall–Kier alpha value is -1.19. The average Bonchev–Trinajstić information content (AvgIpc) is 2.42. The highest BCUT2D eigenvalue weighted by Gasteiger charge is 2.13. The molecule has 0 fully saturated rings. The molecule has 0 aromatic heterocycles. The monoisotopic (exact) mass is 420 g/mol. The number of halogens is 2. The lowest BCUT2D eigenvalue weighted by Gasteiger charge is -2.10. The summed E-state index contributed by atoms with van der Waals surface area (Å²) in [6.07, 6.45) is 0. The Balaban J connectivity index is 2.14. The zero-order valence-electron chi connectivity index (χ0n) is 11.0. The van der Waals surface area contributed by atoms with E-state index in [1.54, 1.807) is 24.3 Å². The van der Waals surface area contributed by atoms with E-state index in [0.29, 0.717) is 21.4 Å². The van der Waals surface area contributed by atoms with Crippen LogP contribution in [0, 0.1) is 9.39 Å². The van der Waals surface area contributed by atoms with E-state index >= 15 is 0 Å². The fourth-order valence-electron chi connectivity index (χ4n) is 1.77. The quantitative estimate of drug-likeness (QED) is 0.731. The second-order valence-corrected chi connectivity index (χ2v) is 7.39. The lowest BCUT2D eigenvalue weighted by molar-refractivity contribution is 0.600. The van der Waals surface area contributed by atoms with Crippen LogP contribution in [0.3, 0.4) is 0 Å². The third-order valence-corrected chi connectivity index (χ3v) is 4.95. The summed E-state index contributed by atoms with van der Waals surface area (Å²) in [6.45, 7) is 0.416. The summed E-state index contributed by atoms with van der Waals surface area (Å²) in [5.41, 5.74) is 7.47. The highest BCUT2D eigenvalue weighted by atomic mass is 127. The Morgan fingerprint density at radius 3 is 2.29 bits per heavy atom. The molecule has 0 spiro atoms. The van der Waals surface area contributed by atoms with Crippen molar-refractivity contribution < 1.29 is 12.8 Å². The minimum Gasteiger partial charge on any atom is -0.326 e. The van der Waals surface area contributed by atoms with E-state index in [1.807, 2.05) is 22.6 Å². The first kappa shape index (κ1) is 16.2. The Morgan fingerprint density at radius 2 is 1.71 bits per heavy atom. The minimum atomic E-state index is -3.55. The average molecular weight is 420 g/mol. The largest absolute Gasteiger partial charge is 0.326 e. The highest BCUT2D eigenvalue weighted by molar-refractivity contribution is 14.1. The van der Waals surface area contributed by atoms with Crippen LogP contribution in [0.15, 0.2) is 42.5 Å². The van der Waals surface area contributed by atoms with Gasteiger partial charge in [0.1, 0.15) is 5.82 Å². The van der Waals surface area contributed by atoms with E-state index in [1.165, 1.54) is 18.2 Å². The first-order chi connectivity index (χ1) is 9.89. The number of nitrogens with one attached hydrogen (secondary N) is 1. The van der Waals surface area contributed by atoms with Crippen LogP contribution in [0.1, 0.15) is 11.1 Å². The lowest BCUT2D eigenvalue weighted by atomic mass is 10.1. The Bertz CT molecular complexity index is 733. The van der Waals surface area contributed by atoms with Crippen LogP contribution in [0.5, 0.6) is 0 Å². The topological polar surface area (TPSA) is 72.2 Å². The fraction of sp³-hybridized carbons (Fsp3) is 0.143. The molecule has 0 saturated heterocycles. The van der Waals surface area contributed by atoms with Gasteiger partial charge in [-0.1, -0.05) is 24.3 Å². The summed E-state index contributed by atoms with van der Waals surface area (Å²) in [4.78, 5) is 0. The molecule has 0 bridgehead atoms. The molecule has 0 aliphatic heterocycles. The van der Waals surface area contributed by atoms with Crippen LogP contribution in [0.4, 0.5) is 10.1 Å². The van der Waals surface area contributed by atoms with E-state index in [9.17, 15) is 12.8 Å². The van der Waals surface area contributed by atoms with E-state index < -0.39 is 15.8 Å². The maximum absolute atomic E-state index is 13.0. The molecule has 2 aromatic rings. The summed E-state index contributed by atoms with van der Waals surface area (Å²) in [5.74, 6) is -0.551. The smallest absolute Gasteiger partial charge is 0.236 e. The predicted octanol–water partition coefficient (Wildman–Crippen LogP) is 2.83. The van der Waals surface area contributed by atoms with Crippen molar-refractivity contribution in [2.75, 3.05) is 4.72 Å². The first-order valence-corrected chi connectivity index (χ1v) is 8.86. The number of hydrogen-bond acceptors (Lipinski definition) is 3. The zero-order chi connectivity index (χ0) is 15.5. The van der Waals surface area contributed by atoms with Crippen molar-refractivity contribution in [2.45, 2.75) is 12.3 Å². The van der Waals surface area contributed by atoms with Gasteiger partial charge < -0.3 is 5.73 Å². The molecule has 0 amide bonds. The van der Waals surface area contributed by atoms with Gasteiger partial charge in [0, 0.05) is 10.1 Å². The second-order valence-electron chi connectivity index (χ2n) is 4.51. The normalized spacial score (nSPS) is 11.4. The van der Waals surface area contributed by atoms with Gasteiger partial charge in [0.05, 0.1) is 11.4 Å². The van der Waals surface area contributed by atoms with E-state index in [2.05, 4.69) is 4.72 Å². The van der Waals surface area contributed by atoms with Gasteiger partial charge in [-0.2, -0.15) is 0 Å². The number of rotatable bonds is 5. The predicted molar refractivity (Wildman–Crippen MR) is 89.7 cm³/mol. The number of anilines is 1. The highest BCUT2D eigenvalue weighted by Crippen LogP contribution is 2.21. The molecular formula is C14H14FIN2O2S. The standard InChI is InChI=1S/C14H14FIN2O2S/c15-12-5-6-14(13(16)7-12)18-21(19,20)9-11-3-1-10(8-17)2-4-11/h1-7,18H,8-9,17H2. The van der Waals surface area contributed by atoms with Gasteiger partial charge in [0.15, 0.2) is 0 Å². The van der Waals surface area contributed by atoms with Gasteiger partial charge in [0.25, 0.3) is 0 Å². The van der Waals surface area contributed by atoms with Crippen molar-refractivity contribution in [3.05, 3.63) is 63.0 Å². The number of benzene rings is 2. The second kappa shape index (κ2) is 6.71. The van der Waals surface area contributed by atoms with Crippen molar-refractivity contribution in [3.8, 4) is 0 Å². The molecule has 2 aromatic carbocycles. The Kier molecular flexibility index (Phi) is 5.17. The molecule has 0 radical (unpaired) electrons. The Morgan fingerprint density at radius 1 is 1.10 bits per heavy atom. The van der Waals surface area contributed by atoms with Crippen molar-refractivity contribution >= 4 is 38.3 Å². The van der Waals surface area contributed by atoms with Crippen LogP contribution in [0.25, 0.3) is 0 Å². The molecule has 21 heavy (non-hydrogen) atoms. The van der Waals surface area contributed by atoms with E-state index in [0.717, 1.165) is 5.56 Å². The molecule has 2 rings (SSSR count).